The summed E-state index contributed by atoms with van der Waals surface area (Å²) in [6.45, 7) is 3.34. The van der Waals surface area contributed by atoms with Crippen LogP contribution in [0.3, 0.4) is 0 Å². The molecule has 3 heteroatoms. The first-order valence-corrected chi connectivity index (χ1v) is 4.43. The largest absolute Gasteiger partial charge is 0.359 e. The molecule has 0 aromatic heterocycles. The number of nitrogens with two attached hydrogens (primary N) is 1. The van der Waals surface area contributed by atoms with E-state index in [9.17, 15) is 9.59 Å². The van der Waals surface area contributed by atoms with E-state index in [1.165, 1.54) is 6.92 Å². The van der Waals surface area contributed by atoms with E-state index >= 15 is 0 Å². The second kappa shape index (κ2) is 4.43. The van der Waals surface area contributed by atoms with E-state index in [2.05, 4.69) is 11.8 Å². The number of benzene rings is 1. The van der Waals surface area contributed by atoms with Crippen LogP contribution in [0, 0.1) is 18.8 Å². The zero-order valence-corrected chi connectivity index (χ0v) is 8.63. The molecule has 0 radical (unpaired) electrons. The van der Waals surface area contributed by atoms with Gasteiger partial charge in [0.25, 0.3) is 5.91 Å². The molecule has 0 saturated carbocycles. The van der Waals surface area contributed by atoms with Gasteiger partial charge in [0.1, 0.15) is 0 Å². The SMILES string of the molecule is CC(=O)c1ccc(C#CC(N)=O)cc1C. The summed E-state index contributed by atoms with van der Waals surface area (Å²) in [5.41, 5.74) is 7.08. The van der Waals surface area contributed by atoms with Crippen molar-refractivity contribution >= 4 is 11.7 Å². The fourth-order valence-corrected chi connectivity index (χ4v) is 1.27. The zero-order valence-electron chi connectivity index (χ0n) is 8.63. The number of hydrogen-bond acceptors (Lipinski definition) is 2. The Morgan fingerprint density at radius 3 is 2.47 bits per heavy atom. The number of carbonyl (C=O) groups excluding carboxylic acids is 2. The molecular formula is C12H11NO2. The molecule has 1 aromatic rings. The van der Waals surface area contributed by atoms with Crippen LogP contribution in [0.5, 0.6) is 0 Å². The minimum atomic E-state index is -0.664. The normalized spacial score (nSPS) is 8.93. The number of amides is 1. The average molecular weight is 201 g/mol. The van der Waals surface area contributed by atoms with Gasteiger partial charge in [-0.25, -0.2) is 0 Å². The van der Waals surface area contributed by atoms with Crippen molar-refractivity contribution in [2.45, 2.75) is 13.8 Å². The van der Waals surface area contributed by atoms with Gasteiger partial charge in [-0.05, 0) is 43.5 Å². The van der Waals surface area contributed by atoms with Gasteiger partial charge >= 0.3 is 0 Å². The monoisotopic (exact) mass is 201 g/mol. The highest BCUT2D eigenvalue weighted by Gasteiger charge is 2.02. The second-order valence-electron chi connectivity index (χ2n) is 3.20. The second-order valence-corrected chi connectivity index (χ2v) is 3.20. The number of aryl methyl sites for hydroxylation is 1. The fourth-order valence-electron chi connectivity index (χ4n) is 1.27. The maximum atomic E-state index is 11.1. The van der Waals surface area contributed by atoms with Crippen LogP contribution in [0.2, 0.25) is 0 Å². The standard InChI is InChI=1S/C12H11NO2/c1-8-7-10(4-6-12(13)15)3-5-11(8)9(2)14/h3,5,7H,1-2H3,(H2,13,15). The lowest BCUT2D eigenvalue weighted by Crippen LogP contribution is -2.06. The summed E-state index contributed by atoms with van der Waals surface area (Å²) in [6, 6.07) is 5.15. The Balaban J connectivity index is 3.09. The molecule has 1 rings (SSSR count). The highest BCUT2D eigenvalue weighted by atomic mass is 16.1. The third kappa shape index (κ3) is 2.96. The van der Waals surface area contributed by atoms with Gasteiger partial charge in [0.05, 0.1) is 0 Å². The lowest BCUT2D eigenvalue weighted by molar-refractivity contribution is -0.112. The summed E-state index contributed by atoms with van der Waals surface area (Å²) in [4.78, 5) is 21.6. The van der Waals surface area contributed by atoms with Crippen LogP contribution < -0.4 is 5.73 Å². The zero-order chi connectivity index (χ0) is 11.4. The van der Waals surface area contributed by atoms with Gasteiger partial charge in [0.15, 0.2) is 5.78 Å². The highest BCUT2D eigenvalue weighted by molar-refractivity contribution is 5.96. The molecule has 1 aromatic carbocycles. The van der Waals surface area contributed by atoms with Crippen LogP contribution in [0.4, 0.5) is 0 Å². The van der Waals surface area contributed by atoms with Gasteiger partial charge in [-0.1, -0.05) is 5.92 Å². The summed E-state index contributed by atoms with van der Waals surface area (Å²) >= 11 is 0. The highest BCUT2D eigenvalue weighted by Crippen LogP contribution is 2.10. The molecule has 0 aliphatic carbocycles. The Morgan fingerprint density at radius 1 is 1.33 bits per heavy atom. The fraction of sp³-hybridized carbons (Fsp3) is 0.167. The third-order valence-electron chi connectivity index (χ3n) is 1.94. The molecule has 3 nitrogen and oxygen atoms in total. The summed E-state index contributed by atoms with van der Waals surface area (Å²) in [5, 5.41) is 0. The summed E-state index contributed by atoms with van der Waals surface area (Å²) in [5.74, 6) is 4.21. The van der Waals surface area contributed by atoms with E-state index in [1.54, 1.807) is 18.2 Å². The summed E-state index contributed by atoms with van der Waals surface area (Å²) in [6.07, 6.45) is 0. The predicted molar refractivity (Wildman–Crippen MR) is 57.3 cm³/mol. The Hall–Kier alpha value is -2.08. The lowest BCUT2D eigenvalue weighted by Gasteiger charge is -2.01. The van der Waals surface area contributed by atoms with E-state index in [0.29, 0.717) is 11.1 Å². The summed E-state index contributed by atoms with van der Waals surface area (Å²) in [7, 11) is 0. The van der Waals surface area contributed by atoms with Gasteiger partial charge in [-0.3, -0.25) is 9.59 Å². The average Bonchev–Trinajstić information content (AvgIpc) is 2.14. The first-order chi connectivity index (χ1) is 7.00. The smallest absolute Gasteiger partial charge is 0.293 e. The molecular weight excluding hydrogens is 190 g/mol. The molecule has 0 aliphatic heterocycles. The molecule has 0 fully saturated rings. The minimum Gasteiger partial charge on any atom is -0.359 e. The first-order valence-electron chi connectivity index (χ1n) is 4.43. The Bertz CT molecular complexity index is 478. The van der Waals surface area contributed by atoms with Gasteiger partial charge in [-0.15, -0.1) is 0 Å². The molecule has 0 saturated heterocycles. The van der Waals surface area contributed by atoms with Gasteiger partial charge in [0, 0.05) is 11.1 Å². The van der Waals surface area contributed by atoms with Gasteiger partial charge in [-0.2, -0.15) is 0 Å². The number of rotatable bonds is 1. The molecule has 15 heavy (non-hydrogen) atoms. The third-order valence-corrected chi connectivity index (χ3v) is 1.94. The number of hydrogen-bond donors (Lipinski definition) is 1. The van der Waals surface area contributed by atoms with E-state index in [1.807, 2.05) is 6.92 Å². The van der Waals surface area contributed by atoms with Crippen LogP contribution in [0.1, 0.15) is 28.4 Å². The molecule has 0 atom stereocenters. The van der Waals surface area contributed by atoms with Crippen LogP contribution in [0.15, 0.2) is 18.2 Å². The van der Waals surface area contributed by atoms with Crippen LogP contribution in [0.25, 0.3) is 0 Å². The minimum absolute atomic E-state index is 0.0157. The van der Waals surface area contributed by atoms with Crippen molar-refractivity contribution in [1.29, 1.82) is 0 Å². The maximum absolute atomic E-state index is 11.1. The predicted octanol–water partition coefficient (Wildman–Crippen LogP) is 1.03. The lowest BCUT2D eigenvalue weighted by atomic mass is 10.0. The van der Waals surface area contributed by atoms with Crippen molar-refractivity contribution in [2.24, 2.45) is 5.73 Å². The summed E-state index contributed by atoms with van der Waals surface area (Å²) < 4.78 is 0. The van der Waals surface area contributed by atoms with Crippen molar-refractivity contribution in [3.63, 3.8) is 0 Å². The topological polar surface area (TPSA) is 60.2 Å². The number of ketones is 1. The first kappa shape index (κ1) is 11.0. The van der Waals surface area contributed by atoms with E-state index in [-0.39, 0.29) is 5.78 Å². The van der Waals surface area contributed by atoms with Crippen molar-refractivity contribution in [1.82, 2.24) is 0 Å². The maximum Gasteiger partial charge on any atom is 0.293 e. The molecule has 0 aliphatic rings. The van der Waals surface area contributed by atoms with Crippen LogP contribution in [-0.4, -0.2) is 11.7 Å². The molecule has 0 heterocycles. The van der Waals surface area contributed by atoms with Crippen molar-refractivity contribution < 1.29 is 9.59 Å². The van der Waals surface area contributed by atoms with Crippen molar-refractivity contribution in [3.05, 3.63) is 34.9 Å². The van der Waals surface area contributed by atoms with Gasteiger partial charge < -0.3 is 5.73 Å². The number of Topliss-reactive ketones (excluding diaryl/α,β-unsaturated/α-hetero) is 1. The van der Waals surface area contributed by atoms with Gasteiger partial charge in [0.2, 0.25) is 0 Å². The van der Waals surface area contributed by atoms with Crippen molar-refractivity contribution in [2.75, 3.05) is 0 Å². The molecule has 0 spiro atoms. The Kier molecular flexibility index (Phi) is 3.25. The van der Waals surface area contributed by atoms with E-state index in [0.717, 1.165) is 5.56 Å². The molecule has 76 valence electrons. The molecule has 0 unspecified atom stereocenters. The molecule has 0 bridgehead atoms. The Labute approximate surface area is 88.3 Å². The Morgan fingerprint density at radius 2 is 2.00 bits per heavy atom. The van der Waals surface area contributed by atoms with Crippen LogP contribution in [-0.2, 0) is 4.79 Å². The molecule has 1 amide bonds. The van der Waals surface area contributed by atoms with E-state index in [4.69, 9.17) is 5.73 Å². The van der Waals surface area contributed by atoms with Crippen molar-refractivity contribution in [3.8, 4) is 11.8 Å². The number of primary amides is 1. The molecule has 2 N–H and O–H groups in total. The quantitative estimate of drug-likeness (QED) is 0.545. The van der Waals surface area contributed by atoms with Crippen LogP contribution >= 0.6 is 0 Å². The van der Waals surface area contributed by atoms with E-state index < -0.39 is 5.91 Å². The number of carbonyl (C=O) groups is 2.